The lowest BCUT2D eigenvalue weighted by Crippen LogP contribution is -2.37. The van der Waals surface area contributed by atoms with E-state index in [0.29, 0.717) is 17.8 Å². The van der Waals surface area contributed by atoms with Gasteiger partial charge in [0, 0.05) is 23.4 Å². The van der Waals surface area contributed by atoms with Crippen LogP contribution in [0, 0.1) is 12.3 Å². The van der Waals surface area contributed by atoms with Gasteiger partial charge in [0.05, 0.1) is 6.20 Å². The first-order valence-corrected chi connectivity index (χ1v) is 10.9. The molecule has 0 saturated heterocycles. The number of Topliss-reactive ketones (excluding diaryl/α,β-unsaturated/α-hetero) is 1. The Morgan fingerprint density at radius 1 is 1.09 bits per heavy atom. The van der Waals surface area contributed by atoms with Crippen molar-refractivity contribution in [3.63, 3.8) is 0 Å². The molecule has 0 saturated carbocycles. The first-order chi connectivity index (χ1) is 15.3. The highest BCUT2D eigenvalue weighted by molar-refractivity contribution is 6.08. The fourth-order valence-electron chi connectivity index (χ4n) is 4.65. The topological polar surface area (TPSA) is 76.0 Å². The lowest BCUT2D eigenvalue weighted by atomic mass is 9.73. The van der Waals surface area contributed by atoms with E-state index in [2.05, 4.69) is 29.6 Å². The van der Waals surface area contributed by atoms with Crippen LogP contribution in [-0.4, -0.2) is 21.5 Å². The van der Waals surface area contributed by atoms with Crippen LogP contribution in [0.2, 0.25) is 0 Å². The molecule has 2 heterocycles. The molecule has 1 amide bonds. The Morgan fingerprint density at radius 3 is 2.53 bits per heavy atom. The molecule has 0 bridgehead atoms. The largest absolute Gasteiger partial charge is 0.343 e. The quantitative estimate of drug-likeness (QED) is 0.611. The molecule has 6 nitrogen and oxygen atoms in total. The first-order valence-electron chi connectivity index (χ1n) is 10.9. The van der Waals surface area contributed by atoms with Crippen LogP contribution in [0.3, 0.4) is 0 Å². The molecule has 2 aromatic carbocycles. The Hall–Kier alpha value is -3.67. The third kappa shape index (κ3) is 3.51. The van der Waals surface area contributed by atoms with E-state index in [9.17, 15) is 9.59 Å². The number of ketones is 1. The van der Waals surface area contributed by atoms with Crippen LogP contribution in [0.4, 0.5) is 11.5 Å². The maximum Gasteiger partial charge on any atom is 0.261 e. The maximum atomic E-state index is 13.3. The predicted octanol–water partition coefficient (Wildman–Crippen LogP) is 5.10. The second kappa shape index (κ2) is 7.48. The Morgan fingerprint density at radius 2 is 1.81 bits per heavy atom. The van der Waals surface area contributed by atoms with Gasteiger partial charge in [-0.3, -0.25) is 9.59 Å². The summed E-state index contributed by atoms with van der Waals surface area (Å²) in [4.78, 5) is 26.4. The summed E-state index contributed by atoms with van der Waals surface area (Å²) in [7, 11) is 0. The molecule has 5 rings (SSSR count). The SMILES string of the molecule is Cc1ccc([C@H]2C3=C(CC(C)(C)CC3=O)Nc3c(C(=O)Nc4ccccc4)cnn32)cc1. The normalized spacial score (nSPS) is 19.1. The summed E-state index contributed by atoms with van der Waals surface area (Å²) in [5, 5.41) is 10.9. The number of hydrogen-bond acceptors (Lipinski definition) is 4. The number of carbonyl (C=O) groups excluding carboxylic acids is 2. The number of amides is 1. The van der Waals surface area contributed by atoms with Crippen molar-refractivity contribution in [2.45, 2.75) is 39.7 Å². The second-order valence-corrected chi connectivity index (χ2v) is 9.44. The molecule has 0 spiro atoms. The van der Waals surface area contributed by atoms with E-state index in [1.807, 2.05) is 61.5 Å². The molecule has 0 fully saturated rings. The highest BCUT2D eigenvalue weighted by Crippen LogP contribution is 2.46. The third-order valence-corrected chi connectivity index (χ3v) is 6.17. The summed E-state index contributed by atoms with van der Waals surface area (Å²) in [6.07, 6.45) is 2.81. The molecule has 1 atom stereocenters. The number of benzene rings is 2. The van der Waals surface area contributed by atoms with Crippen molar-refractivity contribution in [1.82, 2.24) is 9.78 Å². The van der Waals surface area contributed by atoms with Gasteiger partial charge in [0.15, 0.2) is 5.78 Å². The maximum absolute atomic E-state index is 13.3. The number of para-hydroxylation sites is 1. The molecule has 1 aliphatic heterocycles. The zero-order valence-corrected chi connectivity index (χ0v) is 18.5. The number of allylic oxidation sites excluding steroid dienone is 2. The zero-order chi connectivity index (χ0) is 22.5. The van der Waals surface area contributed by atoms with Gasteiger partial charge < -0.3 is 10.6 Å². The van der Waals surface area contributed by atoms with Gasteiger partial charge in [0.2, 0.25) is 0 Å². The highest BCUT2D eigenvalue weighted by atomic mass is 16.1. The third-order valence-electron chi connectivity index (χ3n) is 6.17. The van der Waals surface area contributed by atoms with Gasteiger partial charge in [-0.1, -0.05) is 61.9 Å². The van der Waals surface area contributed by atoms with Crippen molar-refractivity contribution in [3.8, 4) is 0 Å². The van der Waals surface area contributed by atoms with Gasteiger partial charge >= 0.3 is 0 Å². The second-order valence-electron chi connectivity index (χ2n) is 9.44. The molecule has 2 aliphatic rings. The molecule has 3 aromatic rings. The number of fused-ring (bicyclic) bond motifs is 1. The predicted molar refractivity (Wildman–Crippen MR) is 125 cm³/mol. The monoisotopic (exact) mass is 426 g/mol. The smallest absolute Gasteiger partial charge is 0.261 e. The average molecular weight is 427 g/mol. The molecule has 0 unspecified atom stereocenters. The minimum Gasteiger partial charge on any atom is -0.343 e. The van der Waals surface area contributed by atoms with Gasteiger partial charge in [-0.25, -0.2) is 4.68 Å². The molecule has 1 aromatic heterocycles. The number of hydrogen-bond donors (Lipinski definition) is 2. The minimum absolute atomic E-state index is 0.130. The molecule has 32 heavy (non-hydrogen) atoms. The van der Waals surface area contributed by atoms with E-state index in [-0.39, 0.29) is 23.1 Å². The lowest BCUT2D eigenvalue weighted by molar-refractivity contribution is -0.118. The number of rotatable bonds is 3. The van der Waals surface area contributed by atoms with Gasteiger partial charge in [0.25, 0.3) is 5.91 Å². The summed E-state index contributed by atoms with van der Waals surface area (Å²) < 4.78 is 1.78. The standard InChI is InChI=1S/C26H26N4O2/c1-16-9-11-17(12-10-16)23-22-20(13-26(2,3)14-21(22)31)29-24-19(15-27-30(23)24)25(32)28-18-7-5-4-6-8-18/h4-12,15,23,29H,13-14H2,1-3H3,(H,28,32)/t23-/m0/s1. The number of nitrogens with zero attached hydrogens (tertiary/aromatic N) is 2. The van der Waals surface area contributed by atoms with Crippen LogP contribution < -0.4 is 10.6 Å². The van der Waals surface area contributed by atoms with Gasteiger partial charge in [-0.05, 0) is 36.5 Å². The van der Waals surface area contributed by atoms with Crippen molar-refractivity contribution in [3.05, 3.63) is 88.8 Å². The number of nitrogens with one attached hydrogen (secondary N) is 2. The van der Waals surface area contributed by atoms with E-state index in [1.54, 1.807) is 10.9 Å². The average Bonchev–Trinajstić information content (AvgIpc) is 3.16. The molecule has 0 radical (unpaired) electrons. The van der Waals surface area contributed by atoms with Gasteiger partial charge in [-0.15, -0.1) is 0 Å². The molecule has 162 valence electrons. The highest BCUT2D eigenvalue weighted by Gasteiger charge is 2.42. The molecule has 1 aliphatic carbocycles. The van der Waals surface area contributed by atoms with Crippen molar-refractivity contribution in [1.29, 1.82) is 0 Å². The Bertz CT molecular complexity index is 1240. The minimum atomic E-state index is -0.358. The summed E-state index contributed by atoms with van der Waals surface area (Å²) >= 11 is 0. The van der Waals surface area contributed by atoms with E-state index in [4.69, 9.17) is 0 Å². The number of aromatic nitrogens is 2. The van der Waals surface area contributed by atoms with Crippen molar-refractivity contribution in [2.24, 2.45) is 5.41 Å². The molecular weight excluding hydrogens is 400 g/mol. The number of carbonyl (C=O) groups is 2. The fraction of sp³-hybridized carbons (Fsp3) is 0.269. The van der Waals surface area contributed by atoms with Crippen LogP contribution in [0.5, 0.6) is 0 Å². The zero-order valence-electron chi connectivity index (χ0n) is 18.5. The van der Waals surface area contributed by atoms with Crippen LogP contribution in [0.15, 0.2) is 72.1 Å². The summed E-state index contributed by atoms with van der Waals surface area (Å²) in [6, 6.07) is 17.2. The van der Waals surface area contributed by atoms with Crippen LogP contribution in [-0.2, 0) is 4.79 Å². The number of anilines is 2. The molecule has 6 heteroatoms. The molecule has 2 N–H and O–H groups in total. The van der Waals surface area contributed by atoms with Crippen molar-refractivity contribution < 1.29 is 9.59 Å². The van der Waals surface area contributed by atoms with Crippen LogP contribution in [0.1, 0.15) is 54.2 Å². The summed E-state index contributed by atoms with van der Waals surface area (Å²) in [5.74, 6) is 0.511. The summed E-state index contributed by atoms with van der Waals surface area (Å²) in [5.41, 5.74) is 4.80. The van der Waals surface area contributed by atoms with E-state index >= 15 is 0 Å². The van der Waals surface area contributed by atoms with E-state index < -0.39 is 0 Å². The van der Waals surface area contributed by atoms with E-state index in [0.717, 1.165) is 34.5 Å². The van der Waals surface area contributed by atoms with Gasteiger partial charge in [0.1, 0.15) is 17.4 Å². The number of aryl methyl sites for hydroxylation is 1. The fourth-order valence-corrected chi connectivity index (χ4v) is 4.65. The van der Waals surface area contributed by atoms with E-state index in [1.165, 1.54) is 0 Å². The van der Waals surface area contributed by atoms with Crippen LogP contribution in [0.25, 0.3) is 0 Å². The summed E-state index contributed by atoms with van der Waals surface area (Å²) in [6.45, 7) is 6.24. The Labute approximate surface area is 187 Å². The van der Waals surface area contributed by atoms with Crippen LogP contribution >= 0.6 is 0 Å². The Kier molecular flexibility index (Phi) is 4.73. The van der Waals surface area contributed by atoms with Crippen molar-refractivity contribution >= 4 is 23.2 Å². The Balaban J connectivity index is 1.60. The lowest BCUT2D eigenvalue weighted by Gasteiger charge is -2.39. The van der Waals surface area contributed by atoms with Gasteiger partial charge in [-0.2, -0.15) is 5.10 Å². The van der Waals surface area contributed by atoms with Crippen molar-refractivity contribution in [2.75, 3.05) is 10.6 Å². The molecular formula is C26H26N4O2. The first kappa shape index (κ1) is 20.2.